The molecule has 1 aliphatic rings. The number of anilines is 1. The van der Waals surface area contributed by atoms with Crippen LogP contribution in [0.25, 0.3) is 16.9 Å². The molecule has 0 radical (unpaired) electrons. The third-order valence-electron chi connectivity index (χ3n) is 6.59. The highest BCUT2D eigenvalue weighted by molar-refractivity contribution is 6.09. The van der Waals surface area contributed by atoms with Gasteiger partial charge in [-0.05, 0) is 37.2 Å². The Kier molecular flexibility index (Phi) is 7.03. The summed E-state index contributed by atoms with van der Waals surface area (Å²) in [5.41, 5.74) is 1.16. The normalized spacial score (nSPS) is 17.2. The van der Waals surface area contributed by atoms with Crippen molar-refractivity contribution in [3.05, 3.63) is 67.0 Å². The molecule has 4 aromatic heterocycles. The molecule has 41 heavy (non-hydrogen) atoms. The minimum atomic E-state index is -3.10. The van der Waals surface area contributed by atoms with E-state index in [9.17, 15) is 18.7 Å². The fourth-order valence-corrected chi connectivity index (χ4v) is 4.70. The van der Waals surface area contributed by atoms with E-state index in [1.165, 1.54) is 39.8 Å². The van der Waals surface area contributed by atoms with E-state index in [0.717, 1.165) is 6.54 Å². The molecule has 3 N–H and O–H groups in total. The molecule has 0 bridgehead atoms. The number of hydrogen-bond acceptors (Lipinski definition) is 9. The highest BCUT2D eigenvalue weighted by atomic mass is 19.3. The Morgan fingerprint density at radius 3 is 2.93 bits per heavy atom. The number of nitrogens with zero attached hydrogens (tertiary/aromatic N) is 7. The van der Waals surface area contributed by atoms with Gasteiger partial charge in [-0.15, -0.1) is 0 Å². The van der Waals surface area contributed by atoms with Crippen molar-refractivity contribution in [3.63, 3.8) is 0 Å². The number of fused-ring (bicyclic) bond motifs is 1. The van der Waals surface area contributed by atoms with Crippen LogP contribution in [-0.2, 0) is 7.05 Å². The molecule has 0 spiro atoms. The first-order chi connectivity index (χ1) is 19.9. The van der Waals surface area contributed by atoms with Crippen molar-refractivity contribution >= 4 is 17.2 Å². The van der Waals surface area contributed by atoms with Crippen LogP contribution in [0.2, 0.25) is 0 Å². The monoisotopic (exact) mass is 565 g/mol. The zero-order chi connectivity index (χ0) is 28.5. The number of rotatable bonds is 8. The van der Waals surface area contributed by atoms with Crippen LogP contribution < -0.4 is 20.1 Å². The molecule has 6 rings (SSSR count). The Labute approximate surface area is 231 Å². The molecule has 0 saturated carbocycles. The Bertz CT molecular complexity index is 1700. The van der Waals surface area contributed by atoms with Crippen LogP contribution in [0.5, 0.6) is 17.2 Å². The molecule has 5 aromatic rings. The van der Waals surface area contributed by atoms with E-state index in [-0.39, 0.29) is 34.3 Å². The summed E-state index contributed by atoms with van der Waals surface area (Å²) in [7, 11) is 1.63. The average molecular weight is 566 g/mol. The largest absolute Gasteiger partial charge is 0.454 e. The van der Waals surface area contributed by atoms with Gasteiger partial charge in [0.25, 0.3) is 5.91 Å². The number of aromatic nitrogens is 7. The molecular formula is C26H25F2N9O4. The van der Waals surface area contributed by atoms with Gasteiger partial charge >= 0.3 is 6.61 Å². The first-order valence-electron chi connectivity index (χ1n) is 12.7. The van der Waals surface area contributed by atoms with Gasteiger partial charge in [0, 0.05) is 32.2 Å². The number of piperidine rings is 1. The van der Waals surface area contributed by atoms with Crippen LogP contribution in [0.15, 0.2) is 61.4 Å². The quantitative estimate of drug-likeness (QED) is 0.259. The minimum Gasteiger partial charge on any atom is -0.454 e. The second-order valence-corrected chi connectivity index (χ2v) is 9.39. The Morgan fingerprint density at radius 2 is 2.10 bits per heavy atom. The van der Waals surface area contributed by atoms with Crippen molar-refractivity contribution < 1.29 is 28.2 Å². The van der Waals surface area contributed by atoms with E-state index in [4.69, 9.17) is 9.47 Å². The maximum atomic E-state index is 13.3. The van der Waals surface area contributed by atoms with Gasteiger partial charge in [-0.3, -0.25) is 14.2 Å². The second-order valence-electron chi connectivity index (χ2n) is 9.39. The molecule has 5 heterocycles. The molecule has 15 heteroatoms. The number of aliphatic hydroxyl groups excluding tert-OH is 1. The number of carbonyl (C=O) groups excluding carboxylic acids is 1. The highest BCUT2D eigenvalue weighted by Crippen LogP contribution is 2.39. The molecule has 1 fully saturated rings. The van der Waals surface area contributed by atoms with Gasteiger partial charge in [0.1, 0.15) is 22.8 Å². The van der Waals surface area contributed by atoms with Crippen LogP contribution in [0.1, 0.15) is 22.8 Å². The number of aryl methyl sites for hydroxylation is 1. The molecule has 1 aliphatic heterocycles. The molecule has 2 atom stereocenters. The van der Waals surface area contributed by atoms with Crippen LogP contribution in [-0.4, -0.2) is 71.0 Å². The van der Waals surface area contributed by atoms with Crippen molar-refractivity contribution in [1.82, 2.24) is 39.5 Å². The SMILES string of the molecule is Cn1cc(NC(=O)c2cnn3cccnc23)c(-c2cc(Oc3cnn(C4CNCCC4O)c3)ccc2OC(F)F)n1. The lowest BCUT2D eigenvalue weighted by Crippen LogP contribution is -2.41. The van der Waals surface area contributed by atoms with Crippen molar-refractivity contribution in [1.29, 1.82) is 0 Å². The number of benzene rings is 1. The Hall–Kier alpha value is -4.89. The van der Waals surface area contributed by atoms with Gasteiger partial charge in [0.05, 0.1) is 42.0 Å². The first kappa shape index (κ1) is 26.3. The van der Waals surface area contributed by atoms with Crippen LogP contribution >= 0.6 is 0 Å². The lowest BCUT2D eigenvalue weighted by Gasteiger charge is -2.28. The fourth-order valence-electron chi connectivity index (χ4n) is 4.70. The first-order valence-corrected chi connectivity index (χ1v) is 12.7. The number of hydrogen-bond donors (Lipinski definition) is 3. The number of amides is 1. The van der Waals surface area contributed by atoms with Gasteiger partial charge in [-0.2, -0.15) is 24.1 Å². The number of ether oxygens (including phenoxy) is 2. The van der Waals surface area contributed by atoms with E-state index in [0.29, 0.717) is 30.1 Å². The number of carbonyl (C=O) groups is 1. The molecular weight excluding hydrogens is 540 g/mol. The van der Waals surface area contributed by atoms with Crippen molar-refractivity contribution in [2.75, 3.05) is 18.4 Å². The van der Waals surface area contributed by atoms with Crippen LogP contribution in [0.3, 0.4) is 0 Å². The van der Waals surface area contributed by atoms with Gasteiger partial charge in [0.2, 0.25) is 0 Å². The van der Waals surface area contributed by atoms with Gasteiger partial charge < -0.3 is 25.2 Å². The summed E-state index contributed by atoms with van der Waals surface area (Å²) < 4.78 is 41.9. The Balaban J connectivity index is 1.30. The van der Waals surface area contributed by atoms with E-state index >= 15 is 0 Å². The predicted octanol–water partition coefficient (Wildman–Crippen LogP) is 2.87. The van der Waals surface area contributed by atoms with E-state index < -0.39 is 18.6 Å². The molecule has 1 aromatic carbocycles. The lowest BCUT2D eigenvalue weighted by molar-refractivity contribution is -0.0494. The van der Waals surface area contributed by atoms with Gasteiger partial charge in [-0.25, -0.2) is 9.50 Å². The summed E-state index contributed by atoms with van der Waals surface area (Å²) in [5.74, 6) is -0.000547. The molecule has 0 aliphatic carbocycles. The summed E-state index contributed by atoms with van der Waals surface area (Å²) >= 11 is 0. The molecule has 13 nitrogen and oxygen atoms in total. The van der Waals surface area contributed by atoms with Crippen LogP contribution in [0.4, 0.5) is 14.5 Å². The maximum Gasteiger partial charge on any atom is 0.387 e. The number of nitrogens with one attached hydrogen (secondary N) is 2. The van der Waals surface area contributed by atoms with Crippen LogP contribution in [0, 0.1) is 0 Å². The minimum absolute atomic E-state index is 0.161. The molecule has 2 unspecified atom stereocenters. The highest BCUT2D eigenvalue weighted by Gasteiger charge is 2.26. The summed E-state index contributed by atoms with van der Waals surface area (Å²) in [6.45, 7) is -1.81. The van der Waals surface area contributed by atoms with Crippen molar-refractivity contribution in [2.45, 2.75) is 25.2 Å². The summed E-state index contributed by atoms with van der Waals surface area (Å²) in [6.07, 6.45) is 9.34. The Morgan fingerprint density at radius 1 is 1.22 bits per heavy atom. The van der Waals surface area contributed by atoms with Crippen molar-refractivity contribution in [2.24, 2.45) is 7.05 Å². The number of halogens is 2. The fraction of sp³-hybridized carbons (Fsp3) is 0.269. The third-order valence-corrected chi connectivity index (χ3v) is 6.59. The average Bonchev–Trinajstić information content (AvgIpc) is 3.68. The van der Waals surface area contributed by atoms with E-state index in [2.05, 4.69) is 30.9 Å². The van der Waals surface area contributed by atoms with Crippen molar-refractivity contribution in [3.8, 4) is 28.5 Å². The zero-order valence-electron chi connectivity index (χ0n) is 21.7. The number of aliphatic hydroxyl groups is 1. The molecule has 212 valence electrons. The van der Waals surface area contributed by atoms with E-state index in [1.807, 2.05) is 0 Å². The number of alkyl halides is 2. The zero-order valence-corrected chi connectivity index (χ0v) is 21.7. The molecule has 1 amide bonds. The van der Waals surface area contributed by atoms with Gasteiger partial charge in [-0.1, -0.05) is 0 Å². The summed E-state index contributed by atoms with van der Waals surface area (Å²) in [4.78, 5) is 17.4. The standard InChI is InChI=1S/C26H25F2N9O4/c1-35-14-19(33-25(39)18-11-32-36-8-2-6-30-24(18)36)23(34-35)17-9-15(3-4-22(17)41-26(27)28)40-16-10-31-37(13-16)20-12-29-7-5-21(20)38/h2-4,6,8-11,13-14,20-21,26,29,38H,5,7,12H2,1H3,(H,33,39). The molecule has 1 saturated heterocycles. The van der Waals surface area contributed by atoms with E-state index in [1.54, 1.807) is 42.6 Å². The summed E-state index contributed by atoms with van der Waals surface area (Å²) in [6, 6.07) is 5.73. The smallest absolute Gasteiger partial charge is 0.387 e. The topological polar surface area (TPSA) is 146 Å². The predicted molar refractivity (Wildman–Crippen MR) is 141 cm³/mol. The maximum absolute atomic E-state index is 13.3. The summed E-state index contributed by atoms with van der Waals surface area (Å²) in [5, 5.41) is 29.2. The second kappa shape index (κ2) is 10.9. The van der Waals surface area contributed by atoms with Gasteiger partial charge in [0.15, 0.2) is 11.4 Å². The lowest BCUT2D eigenvalue weighted by atomic mass is 10.0. The third kappa shape index (κ3) is 5.44.